The number of benzene rings is 1. The highest BCUT2D eigenvalue weighted by molar-refractivity contribution is 5.40. The van der Waals surface area contributed by atoms with E-state index in [0.717, 1.165) is 24.2 Å². The van der Waals surface area contributed by atoms with E-state index in [9.17, 15) is 0 Å². The zero-order valence-electron chi connectivity index (χ0n) is 11.5. The van der Waals surface area contributed by atoms with Gasteiger partial charge in [0.05, 0.1) is 12.7 Å². The van der Waals surface area contributed by atoms with Gasteiger partial charge in [-0.2, -0.15) is 0 Å². The number of fused-ring (bicyclic) bond motifs is 1. The summed E-state index contributed by atoms with van der Waals surface area (Å²) >= 11 is 0. The van der Waals surface area contributed by atoms with Crippen LogP contribution in [-0.2, 0) is 13.0 Å². The van der Waals surface area contributed by atoms with Crippen molar-refractivity contribution in [3.8, 4) is 11.6 Å². The van der Waals surface area contributed by atoms with Gasteiger partial charge in [0, 0.05) is 12.2 Å². The van der Waals surface area contributed by atoms with Crippen LogP contribution in [0.25, 0.3) is 0 Å². The predicted octanol–water partition coefficient (Wildman–Crippen LogP) is 2.62. The summed E-state index contributed by atoms with van der Waals surface area (Å²) < 4.78 is 11.0. The quantitative estimate of drug-likeness (QED) is 0.927. The third-order valence-electron chi connectivity index (χ3n) is 3.68. The Morgan fingerprint density at radius 3 is 3.10 bits per heavy atom. The summed E-state index contributed by atoms with van der Waals surface area (Å²) in [4.78, 5) is 4.16. The van der Waals surface area contributed by atoms with Crippen molar-refractivity contribution in [2.24, 2.45) is 5.73 Å². The molecule has 1 aromatic heterocycles. The molecule has 0 saturated carbocycles. The van der Waals surface area contributed by atoms with Gasteiger partial charge in [0.25, 0.3) is 0 Å². The lowest BCUT2D eigenvalue weighted by molar-refractivity contribution is 0.293. The van der Waals surface area contributed by atoms with Crippen molar-refractivity contribution in [3.05, 3.63) is 53.2 Å². The normalized spacial score (nSPS) is 16.8. The number of nitrogens with zero attached hydrogens (tertiary/aromatic N) is 1. The fourth-order valence-corrected chi connectivity index (χ4v) is 2.60. The Hall–Kier alpha value is -2.07. The average Bonchev–Trinajstić information content (AvgIpc) is 2.86. The smallest absolute Gasteiger partial charge is 0.219 e. The monoisotopic (exact) mass is 270 g/mol. The van der Waals surface area contributed by atoms with E-state index < -0.39 is 0 Å². The molecule has 1 heterocycles. The topological polar surface area (TPSA) is 57.4 Å². The Labute approximate surface area is 118 Å². The van der Waals surface area contributed by atoms with Gasteiger partial charge in [-0.15, -0.1) is 0 Å². The fourth-order valence-electron chi connectivity index (χ4n) is 2.60. The molecule has 1 aliphatic rings. The SMILES string of the molecule is COc1ncccc1COc1ccc2c(c1)CC[C@H]2N. The van der Waals surface area contributed by atoms with Crippen molar-refractivity contribution in [3.63, 3.8) is 0 Å². The van der Waals surface area contributed by atoms with Crippen LogP contribution in [0, 0.1) is 0 Å². The highest BCUT2D eigenvalue weighted by Gasteiger charge is 2.19. The molecule has 1 aromatic carbocycles. The van der Waals surface area contributed by atoms with Crippen molar-refractivity contribution in [2.45, 2.75) is 25.5 Å². The number of aromatic nitrogens is 1. The second kappa shape index (κ2) is 5.51. The lowest BCUT2D eigenvalue weighted by Crippen LogP contribution is -2.05. The van der Waals surface area contributed by atoms with Gasteiger partial charge in [0.2, 0.25) is 5.88 Å². The first kappa shape index (κ1) is 12.9. The molecular weight excluding hydrogens is 252 g/mol. The number of hydrogen-bond acceptors (Lipinski definition) is 4. The number of methoxy groups -OCH3 is 1. The van der Waals surface area contributed by atoms with E-state index in [1.165, 1.54) is 11.1 Å². The maximum atomic E-state index is 6.03. The molecule has 4 nitrogen and oxygen atoms in total. The van der Waals surface area contributed by atoms with Crippen molar-refractivity contribution >= 4 is 0 Å². The highest BCUT2D eigenvalue weighted by atomic mass is 16.5. The first-order valence-electron chi connectivity index (χ1n) is 6.77. The van der Waals surface area contributed by atoms with E-state index in [1.54, 1.807) is 13.3 Å². The predicted molar refractivity (Wildman–Crippen MR) is 76.8 cm³/mol. The van der Waals surface area contributed by atoms with Gasteiger partial charge in [0.1, 0.15) is 12.4 Å². The first-order chi connectivity index (χ1) is 9.78. The van der Waals surface area contributed by atoms with Gasteiger partial charge in [-0.3, -0.25) is 0 Å². The van der Waals surface area contributed by atoms with Crippen LogP contribution in [0.4, 0.5) is 0 Å². The highest BCUT2D eigenvalue weighted by Crippen LogP contribution is 2.32. The zero-order chi connectivity index (χ0) is 13.9. The third kappa shape index (κ3) is 2.47. The summed E-state index contributed by atoms with van der Waals surface area (Å²) in [5.41, 5.74) is 9.52. The van der Waals surface area contributed by atoms with Gasteiger partial charge in [-0.1, -0.05) is 6.07 Å². The van der Waals surface area contributed by atoms with E-state index in [0.29, 0.717) is 12.5 Å². The molecule has 0 fully saturated rings. The molecule has 20 heavy (non-hydrogen) atoms. The largest absolute Gasteiger partial charge is 0.489 e. The van der Waals surface area contributed by atoms with Crippen LogP contribution in [0.1, 0.15) is 29.2 Å². The minimum absolute atomic E-state index is 0.178. The molecule has 2 aromatic rings. The van der Waals surface area contributed by atoms with E-state index >= 15 is 0 Å². The van der Waals surface area contributed by atoms with Crippen LogP contribution in [0.5, 0.6) is 11.6 Å². The average molecular weight is 270 g/mol. The van der Waals surface area contributed by atoms with Crippen molar-refractivity contribution in [1.29, 1.82) is 0 Å². The number of aryl methyl sites for hydroxylation is 1. The van der Waals surface area contributed by atoms with Gasteiger partial charge in [-0.25, -0.2) is 4.98 Å². The number of pyridine rings is 1. The summed E-state index contributed by atoms with van der Waals surface area (Å²) in [5.74, 6) is 1.47. The van der Waals surface area contributed by atoms with Gasteiger partial charge in [0.15, 0.2) is 0 Å². The molecule has 1 atom stereocenters. The third-order valence-corrected chi connectivity index (χ3v) is 3.68. The maximum absolute atomic E-state index is 6.03. The molecular formula is C16H18N2O2. The Bertz CT molecular complexity index is 613. The lowest BCUT2D eigenvalue weighted by atomic mass is 10.1. The second-order valence-electron chi connectivity index (χ2n) is 4.97. The van der Waals surface area contributed by atoms with Crippen LogP contribution in [-0.4, -0.2) is 12.1 Å². The van der Waals surface area contributed by atoms with E-state index in [2.05, 4.69) is 17.1 Å². The van der Waals surface area contributed by atoms with Crippen molar-refractivity contribution in [1.82, 2.24) is 4.98 Å². The molecule has 104 valence electrons. The first-order valence-corrected chi connectivity index (χ1v) is 6.77. The number of hydrogen-bond donors (Lipinski definition) is 1. The molecule has 2 N–H and O–H groups in total. The minimum atomic E-state index is 0.178. The minimum Gasteiger partial charge on any atom is -0.489 e. The molecule has 0 aliphatic heterocycles. The van der Waals surface area contributed by atoms with Crippen LogP contribution < -0.4 is 15.2 Å². The summed E-state index contributed by atoms with van der Waals surface area (Å²) in [7, 11) is 1.61. The summed E-state index contributed by atoms with van der Waals surface area (Å²) in [5, 5.41) is 0. The van der Waals surface area contributed by atoms with Crippen molar-refractivity contribution in [2.75, 3.05) is 7.11 Å². The summed E-state index contributed by atoms with van der Waals surface area (Å²) in [6.45, 7) is 0.446. The molecule has 0 saturated heterocycles. The standard InChI is InChI=1S/C16H18N2O2/c1-19-16-12(3-2-8-18-16)10-20-13-5-6-14-11(9-13)4-7-15(14)17/h2-3,5-6,8-9,15H,4,7,10,17H2,1H3/t15-/m1/s1. The van der Waals surface area contributed by atoms with Gasteiger partial charge in [-0.05, 0) is 48.2 Å². The van der Waals surface area contributed by atoms with Crippen LogP contribution in [0.2, 0.25) is 0 Å². The molecule has 0 radical (unpaired) electrons. The molecule has 0 spiro atoms. The summed E-state index contributed by atoms with van der Waals surface area (Å²) in [6, 6.07) is 10.1. The molecule has 0 unspecified atom stereocenters. The summed E-state index contributed by atoms with van der Waals surface area (Å²) in [6.07, 6.45) is 3.76. The Balaban J connectivity index is 1.73. The van der Waals surface area contributed by atoms with Crippen molar-refractivity contribution < 1.29 is 9.47 Å². The van der Waals surface area contributed by atoms with Crippen LogP contribution in [0.3, 0.4) is 0 Å². The fraction of sp³-hybridized carbons (Fsp3) is 0.312. The van der Waals surface area contributed by atoms with Crippen LogP contribution >= 0.6 is 0 Å². The van der Waals surface area contributed by atoms with Gasteiger partial charge >= 0.3 is 0 Å². The molecule has 0 amide bonds. The molecule has 1 aliphatic carbocycles. The maximum Gasteiger partial charge on any atom is 0.219 e. The van der Waals surface area contributed by atoms with E-state index in [4.69, 9.17) is 15.2 Å². The molecule has 4 heteroatoms. The number of ether oxygens (including phenoxy) is 2. The Morgan fingerprint density at radius 2 is 2.25 bits per heavy atom. The Kier molecular flexibility index (Phi) is 3.56. The Morgan fingerprint density at radius 1 is 1.35 bits per heavy atom. The van der Waals surface area contributed by atoms with Crippen LogP contribution in [0.15, 0.2) is 36.5 Å². The number of nitrogens with two attached hydrogens (primary N) is 1. The molecule has 0 bridgehead atoms. The lowest BCUT2D eigenvalue weighted by Gasteiger charge is -2.11. The van der Waals surface area contributed by atoms with E-state index in [1.807, 2.05) is 18.2 Å². The molecule has 3 rings (SSSR count). The van der Waals surface area contributed by atoms with E-state index in [-0.39, 0.29) is 6.04 Å². The zero-order valence-corrected chi connectivity index (χ0v) is 11.5. The van der Waals surface area contributed by atoms with Gasteiger partial charge < -0.3 is 15.2 Å². The second-order valence-corrected chi connectivity index (χ2v) is 4.97. The number of rotatable bonds is 4.